The van der Waals surface area contributed by atoms with E-state index in [1.807, 2.05) is 4.90 Å². The van der Waals surface area contributed by atoms with Crippen molar-refractivity contribution in [2.45, 2.75) is 32.5 Å². The Balaban J connectivity index is 1.93. The van der Waals surface area contributed by atoms with Gasteiger partial charge < -0.3 is 9.64 Å². The zero-order valence-electron chi connectivity index (χ0n) is 11.5. The second-order valence-electron chi connectivity index (χ2n) is 5.36. The van der Waals surface area contributed by atoms with E-state index in [0.717, 1.165) is 19.0 Å². The molecule has 0 saturated carbocycles. The second kappa shape index (κ2) is 5.95. The van der Waals surface area contributed by atoms with Gasteiger partial charge in [0.15, 0.2) is 11.5 Å². The number of aromatic nitrogens is 2. The SMILES string of the molecule is CC(C)COC1CCN(c2ccc(C(F)(F)F)nn2)C1. The molecule has 20 heavy (non-hydrogen) atoms. The molecule has 1 aliphatic heterocycles. The van der Waals surface area contributed by atoms with Crippen molar-refractivity contribution in [3.05, 3.63) is 17.8 Å². The van der Waals surface area contributed by atoms with Crippen LogP contribution in [0.25, 0.3) is 0 Å². The van der Waals surface area contributed by atoms with Gasteiger partial charge in [-0.1, -0.05) is 13.8 Å². The van der Waals surface area contributed by atoms with Crippen molar-refractivity contribution in [2.24, 2.45) is 5.92 Å². The van der Waals surface area contributed by atoms with Crippen LogP contribution < -0.4 is 4.90 Å². The van der Waals surface area contributed by atoms with Gasteiger partial charge in [-0.05, 0) is 24.5 Å². The maximum Gasteiger partial charge on any atom is 0.435 e. The molecule has 0 bridgehead atoms. The van der Waals surface area contributed by atoms with Gasteiger partial charge in [0.1, 0.15) is 0 Å². The largest absolute Gasteiger partial charge is 0.435 e. The van der Waals surface area contributed by atoms with E-state index in [-0.39, 0.29) is 6.10 Å². The number of alkyl halides is 3. The molecule has 0 spiro atoms. The smallest absolute Gasteiger partial charge is 0.376 e. The van der Waals surface area contributed by atoms with Crippen LogP contribution in [0.3, 0.4) is 0 Å². The van der Waals surface area contributed by atoms with Gasteiger partial charge in [0, 0.05) is 19.7 Å². The zero-order chi connectivity index (χ0) is 14.8. The minimum absolute atomic E-state index is 0.112. The summed E-state index contributed by atoms with van der Waals surface area (Å²) in [4.78, 5) is 1.90. The summed E-state index contributed by atoms with van der Waals surface area (Å²) in [5.74, 6) is 0.934. The highest BCUT2D eigenvalue weighted by Gasteiger charge is 2.33. The number of halogens is 3. The number of hydrogen-bond acceptors (Lipinski definition) is 4. The van der Waals surface area contributed by atoms with Gasteiger partial charge in [0.05, 0.1) is 6.10 Å². The molecule has 1 atom stereocenters. The molecule has 4 nitrogen and oxygen atoms in total. The molecule has 1 saturated heterocycles. The quantitative estimate of drug-likeness (QED) is 0.854. The predicted octanol–water partition coefficient (Wildman–Crippen LogP) is 2.75. The molecule has 1 aromatic heterocycles. The maximum atomic E-state index is 12.4. The van der Waals surface area contributed by atoms with Gasteiger partial charge in [0.25, 0.3) is 0 Å². The molecular formula is C13H18F3N3O. The first-order chi connectivity index (χ1) is 9.36. The number of nitrogens with zero attached hydrogens (tertiary/aromatic N) is 3. The van der Waals surface area contributed by atoms with E-state index in [9.17, 15) is 13.2 Å². The first-order valence-electron chi connectivity index (χ1n) is 6.63. The first kappa shape index (κ1) is 15.0. The predicted molar refractivity (Wildman–Crippen MR) is 68.4 cm³/mol. The van der Waals surface area contributed by atoms with E-state index in [0.29, 0.717) is 24.9 Å². The summed E-state index contributed by atoms with van der Waals surface area (Å²) in [6.45, 7) is 6.22. The summed E-state index contributed by atoms with van der Waals surface area (Å²) in [6.07, 6.45) is -3.48. The van der Waals surface area contributed by atoms with Gasteiger partial charge in [-0.25, -0.2) is 0 Å². The van der Waals surface area contributed by atoms with Gasteiger partial charge in [-0.15, -0.1) is 10.2 Å². The third-order valence-electron chi connectivity index (χ3n) is 3.08. The number of rotatable bonds is 4. The van der Waals surface area contributed by atoms with E-state index in [1.165, 1.54) is 6.07 Å². The Morgan fingerprint density at radius 1 is 1.35 bits per heavy atom. The number of hydrogen-bond donors (Lipinski definition) is 0. The summed E-state index contributed by atoms with van der Waals surface area (Å²) in [5, 5.41) is 6.89. The Labute approximate surface area is 115 Å². The average Bonchev–Trinajstić information content (AvgIpc) is 2.84. The van der Waals surface area contributed by atoms with Crippen LogP contribution in [0.1, 0.15) is 26.0 Å². The van der Waals surface area contributed by atoms with Crippen LogP contribution in [-0.2, 0) is 10.9 Å². The lowest BCUT2D eigenvalue weighted by Crippen LogP contribution is -2.25. The van der Waals surface area contributed by atoms with E-state index in [2.05, 4.69) is 24.0 Å². The molecule has 2 rings (SSSR count). The van der Waals surface area contributed by atoms with Crippen LogP contribution in [0.2, 0.25) is 0 Å². The standard InChI is InChI=1S/C13H18F3N3O/c1-9(2)8-20-10-5-6-19(7-10)12-4-3-11(17-18-12)13(14,15)16/h3-4,9-10H,5-8H2,1-2H3. The molecule has 112 valence electrons. The molecule has 1 unspecified atom stereocenters. The van der Waals surface area contributed by atoms with E-state index in [1.54, 1.807) is 0 Å². The van der Waals surface area contributed by atoms with Crippen LogP contribution in [0, 0.1) is 5.92 Å². The lowest BCUT2D eigenvalue weighted by molar-refractivity contribution is -0.141. The molecule has 7 heteroatoms. The van der Waals surface area contributed by atoms with Crippen molar-refractivity contribution < 1.29 is 17.9 Å². The molecule has 0 radical (unpaired) electrons. The van der Waals surface area contributed by atoms with Crippen molar-refractivity contribution in [1.82, 2.24) is 10.2 Å². The van der Waals surface area contributed by atoms with E-state index < -0.39 is 11.9 Å². The van der Waals surface area contributed by atoms with Crippen LogP contribution in [0.15, 0.2) is 12.1 Å². The minimum atomic E-state index is -4.44. The summed E-state index contributed by atoms with van der Waals surface area (Å²) < 4.78 is 42.9. The molecule has 1 fully saturated rings. The van der Waals surface area contributed by atoms with E-state index >= 15 is 0 Å². The second-order valence-corrected chi connectivity index (χ2v) is 5.36. The Kier molecular flexibility index (Phi) is 4.47. The molecule has 0 N–H and O–H groups in total. The van der Waals surface area contributed by atoms with Gasteiger partial charge in [0.2, 0.25) is 0 Å². The highest BCUT2D eigenvalue weighted by atomic mass is 19.4. The van der Waals surface area contributed by atoms with Gasteiger partial charge in [-0.2, -0.15) is 13.2 Å². The monoisotopic (exact) mass is 289 g/mol. The molecule has 0 amide bonds. The van der Waals surface area contributed by atoms with Crippen molar-refractivity contribution in [2.75, 3.05) is 24.6 Å². The maximum absolute atomic E-state index is 12.4. The normalized spacial score (nSPS) is 19.9. The fourth-order valence-corrected chi connectivity index (χ4v) is 2.05. The van der Waals surface area contributed by atoms with Crippen molar-refractivity contribution >= 4 is 5.82 Å². The highest BCUT2D eigenvalue weighted by Crippen LogP contribution is 2.28. The molecule has 0 aliphatic carbocycles. The summed E-state index contributed by atoms with van der Waals surface area (Å²) in [7, 11) is 0. The third-order valence-corrected chi connectivity index (χ3v) is 3.08. The number of ether oxygens (including phenoxy) is 1. The first-order valence-corrected chi connectivity index (χ1v) is 6.63. The lowest BCUT2D eigenvalue weighted by Gasteiger charge is -2.18. The van der Waals surface area contributed by atoms with Crippen LogP contribution >= 0.6 is 0 Å². The Morgan fingerprint density at radius 3 is 2.65 bits per heavy atom. The molecule has 2 heterocycles. The molecule has 1 aliphatic rings. The topological polar surface area (TPSA) is 38.2 Å². The molecule has 1 aromatic rings. The van der Waals surface area contributed by atoms with Gasteiger partial charge >= 0.3 is 6.18 Å². The van der Waals surface area contributed by atoms with Crippen molar-refractivity contribution in [1.29, 1.82) is 0 Å². The molecule has 0 aromatic carbocycles. The minimum Gasteiger partial charge on any atom is -0.376 e. The zero-order valence-corrected chi connectivity index (χ0v) is 11.5. The fourth-order valence-electron chi connectivity index (χ4n) is 2.05. The van der Waals surface area contributed by atoms with Crippen LogP contribution in [-0.4, -0.2) is 36.0 Å². The Hall–Kier alpha value is -1.37. The van der Waals surface area contributed by atoms with Crippen LogP contribution in [0.4, 0.5) is 19.0 Å². The fraction of sp³-hybridized carbons (Fsp3) is 0.692. The Morgan fingerprint density at radius 2 is 2.10 bits per heavy atom. The van der Waals surface area contributed by atoms with Crippen molar-refractivity contribution in [3.8, 4) is 0 Å². The third kappa shape index (κ3) is 3.82. The average molecular weight is 289 g/mol. The molecular weight excluding hydrogens is 271 g/mol. The highest BCUT2D eigenvalue weighted by molar-refractivity contribution is 5.39. The number of anilines is 1. The summed E-state index contributed by atoms with van der Waals surface area (Å²) in [5.41, 5.74) is -0.965. The van der Waals surface area contributed by atoms with Crippen molar-refractivity contribution in [3.63, 3.8) is 0 Å². The summed E-state index contributed by atoms with van der Waals surface area (Å²) in [6, 6.07) is 2.32. The lowest BCUT2D eigenvalue weighted by atomic mass is 10.2. The van der Waals surface area contributed by atoms with Gasteiger partial charge in [-0.3, -0.25) is 0 Å². The Bertz CT molecular complexity index is 433. The summed E-state index contributed by atoms with van der Waals surface area (Å²) >= 11 is 0. The van der Waals surface area contributed by atoms with Crippen LogP contribution in [0.5, 0.6) is 0 Å². The van der Waals surface area contributed by atoms with E-state index in [4.69, 9.17) is 4.74 Å².